The van der Waals surface area contributed by atoms with E-state index < -0.39 is 0 Å². The molecule has 82 valence electrons. The molecule has 0 heterocycles. The summed E-state index contributed by atoms with van der Waals surface area (Å²) in [4.78, 5) is 0.393. The van der Waals surface area contributed by atoms with Crippen LogP contribution in [0.2, 0.25) is 0 Å². The van der Waals surface area contributed by atoms with Crippen LogP contribution in [0.1, 0.15) is 16.0 Å². The summed E-state index contributed by atoms with van der Waals surface area (Å²) >= 11 is 6.10. The van der Waals surface area contributed by atoms with E-state index in [-0.39, 0.29) is 0 Å². The maximum absolute atomic E-state index is 3.75. The van der Waals surface area contributed by atoms with Crippen molar-refractivity contribution in [2.75, 3.05) is 0 Å². The van der Waals surface area contributed by atoms with Gasteiger partial charge in [-0.2, -0.15) is 0 Å². The van der Waals surface area contributed by atoms with Crippen LogP contribution in [0.15, 0.2) is 54.6 Å². The van der Waals surface area contributed by atoms with E-state index in [2.05, 4.69) is 93.1 Å². The van der Waals surface area contributed by atoms with E-state index in [4.69, 9.17) is 0 Å². The molecular formula is C14H12BrI. The molecule has 0 spiro atoms. The molecule has 1 unspecified atom stereocenters. The van der Waals surface area contributed by atoms with Gasteiger partial charge in [-0.3, -0.25) is 0 Å². The predicted molar refractivity (Wildman–Crippen MR) is 81.0 cm³/mol. The molecule has 0 aliphatic carbocycles. The molecule has 0 aromatic heterocycles. The summed E-state index contributed by atoms with van der Waals surface area (Å²) in [5, 5.41) is 0. The third kappa shape index (κ3) is 3.32. The normalized spacial score (nSPS) is 12.4. The number of alkyl halides is 1. The lowest BCUT2D eigenvalue weighted by atomic mass is 10.0. The Bertz CT molecular complexity index is 453. The van der Waals surface area contributed by atoms with E-state index in [0.29, 0.717) is 4.83 Å². The zero-order valence-corrected chi connectivity index (χ0v) is 12.5. The van der Waals surface area contributed by atoms with Gasteiger partial charge in [-0.25, -0.2) is 0 Å². The van der Waals surface area contributed by atoms with Crippen LogP contribution in [0.25, 0.3) is 0 Å². The number of rotatable bonds is 3. The Labute approximate surface area is 118 Å². The van der Waals surface area contributed by atoms with Crippen molar-refractivity contribution < 1.29 is 0 Å². The van der Waals surface area contributed by atoms with Gasteiger partial charge in [-0.15, -0.1) is 0 Å². The molecular weight excluding hydrogens is 375 g/mol. The molecule has 1 atom stereocenters. The van der Waals surface area contributed by atoms with Gasteiger partial charge in [0.05, 0.1) is 0 Å². The highest BCUT2D eigenvalue weighted by Gasteiger charge is 2.08. The molecule has 0 aliphatic rings. The van der Waals surface area contributed by atoms with Gasteiger partial charge in [0.15, 0.2) is 0 Å². The maximum atomic E-state index is 3.75. The monoisotopic (exact) mass is 386 g/mol. The Morgan fingerprint density at radius 2 is 1.75 bits per heavy atom. The van der Waals surface area contributed by atoms with Gasteiger partial charge < -0.3 is 0 Å². The lowest BCUT2D eigenvalue weighted by Crippen LogP contribution is -1.95. The third-order valence-electron chi connectivity index (χ3n) is 2.47. The van der Waals surface area contributed by atoms with Crippen LogP contribution in [0.4, 0.5) is 0 Å². The fourth-order valence-electron chi connectivity index (χ4n) is 1.64. The van der Waals surface area contributed by atoms with Crippen molar-refractivity contribution in [3.63, 3.8) is 0 Å². The molecule has 0 bridgehead atoms. The molecule has 0 fully saturated rings. The SMILES string of the molecule is BrC(Cc1ccccc1)c1cccc(I)c1. The average molecular weight is 387 g/mol. The highest BCUT2D eigenvalue weighted by molar-refractivity contribution is 14.1. The maximum Gasteiger partial charge on any atom is 0.0435 e. The number of hydrogen-bond acceptors (Lipinski definition) is 0. The molecule has 0 saturated heterocycles. The van der Waals surface area contributed by atoms with Gasteiger partial charge >= 0.3 is 0 Å². The van der Waals surface area contributed by atoms with Crippen molar-refractivity contribution in [1.82, 2.24) is 0 Å². The number of benzene rings is 2. The van der Waals surface area contributed by atoms with Crippen LogP contribution in [0, 0.1) is 3.57 Å². The van der Waals surface area contributed by atoms with Crippen molar-refractivity contribution in [1.29, 1.82) is 0 Å². The predicted octanol–water partition coefficient (Wildman–Crippen LogP) is 4.97. The van der Waals surface area contributed by atoms with Crippen molar-refractivity contribution in [2.24, 2.45) is 0 Å². The van der Waals surface area contributed by atoms with Crippen LogP contribution in [0.3, 0.4) is 0 Å². The van der Waals surface area contributed by atoms with Crippen LogP contribution < -0.4 is 0 Å². The van der Waals surface area contributed by atoms with Crippen molar-refractivity contribution >= 4 is 38.5 Å². The fraction of sp³-hybridized carbons (Fsp3) is 0.143. The highest BCUT2D eigenvalue weighted by Crippen LogP contribution is 2.27. The quantitative estimate of drug-likeness (QED) is 0.516. The van der Waals surface area contributed by atoms with Crippen molar-refractivity contribution in [3.05, 3.63) is 69.3 Å². The van der Waals surface area contributed by atoms with E-state index >= 15 is 0 Å². The molecule has 0 N–H and O–H groups in total. The van der Waals surface area contributed by atoms with Crippen LogP contribution in [-0.4, -0.2) is 0 Å². The molecule has 0 nitrogen and oxygen atoms in total. The summed E-state index contributed by atoms with van der Waals surface area (Å²) in [5.41, 5.74) is 2.71. The van der Waals surface area contributed by atoms with Crippen LogP contribution in [0.5, 0.6) is 0 Å². The fourth-order valence-corrected chi connectivity index (χ4v) is 2.87. The molecule has 0 amide bonds. The van der Waals surface area contributed by atoms with Crippen molar-refractivity contribution in [3.8, 4) is 0 Å². The number of halogens is 2. The first kappa shape index (κ1) is 12.1. The zero-order chi connectivity index (χ0) is 11.4. The van der Waals surface area contributed by atoms with Crippen LogP contribution >= 0.6 is 38.5 Å². The largest absolute Gasteiger partial charge is 0.0835 e. The minimum Gasteiger partial charge on any atom is -0.0835 e. The summed E-state index contributed by atoms with van der Waals surface area (Å²) in [6, 6.07) is 19.2. The Hall–Kier alpha value is -0.350. The lowest BCUT2D eigenvalue weighted by Gasteiger charge is -2.10. The van der Waals surface area contributed by atoms with Gasteiger partial charge in [-0.05, 0) is 52.3 Å². The molecule has 2 aromatic rings. The van der Waals surface area contributed by atoms with E-state index in [1.54, 1.807) is 0 Å². The Morgan fingerprint density at radius 3 is 2.44 bits per heavy atom. The second-order valence-electron chi connectivity index (χ2n) is 3.71. The molecule has 0 radical (unpaired) electrons. The molecule has 2 aromatic carbocycles. The van der Waals surface area contributed by atoms with Crippen molar-refractivity contribution in [2.45, 2.75) is 11.2 Å². The first-order valence-corrected chi connectivity index (χ1v) is 7.18. The lowest BCUT2D eigenvalue weighted by molar-refractivity contribution is 0.948. The first-order chi connectivity index (χ1) is 7.75. The van der Waals surface area contributed by atoms with Crippen LogP contribution in [-0.2, 0) is 6.42 Å². The number of hydrogen-bond donors (Lipinski definition) is 0. The summed E-state index contributed by atoms with van der Waals surface area (Å²) < 4.78 is 1.28. The second kappa shape index (κ2) is 5.82. The van der Waals surface area contributed by atoms with E-state index in [9.17, 15) is 0 Å². The second-order valence-corrected chi connectivity index (χ2v) is 6.06. The highest BCUT2D eigenvalue weighted by atomic mass is 127. The topological polar surface area (TPSA) is 0 Å². The summed E-state index contributed by atoms with van der Waals surface area (Å²) in [7, 11) is 0. The smallest absolute Gasteiger partial charge is 0.0435 e. The molecule has 16 heavy (non-hydrogen) atoms. The van der Waals surface area contributed by atoms with Gasteiger partial charge in [-0.1, -0.05) is 58.4 Å². The average Bonchev–Trinajstić information content (AvgIpc) is 2.30. The van der Waals surface area contributed by atoms with Gasteiger partial charge in [0.2, 0.25) is 0 Å². The molecule has 0 saturated carbocycles. The standard InChI is InChI=1S/C14H12BrI/c15-14(9-11-5-2-1-3-6-11)12-7-4-8-13(16)10-12/h1-8,10,14H,9H2. The summed E-state index contributed by atoms with van der Waals surface area (Å²) in [6.45, 7) is 0. The Kier molecular flexibility index (Phi) is 4.41. The van der Waals surface area contributed by atoms with E-state index in [0.717, 1.165) is 6.42 Å². The van der Waals surface area contributed by atoms with E-state index in [1.807, 2.05) is 0 Å². The summed E-state index contributed by atoms with van der Waals surface area (Å²) in [5.74, 6) is 0. The molecule has 2 rings (SSSR count). The minimum absolute atomic E-state index is 0.393. The zero-order valence-electron chi connectivity index (χ0n) is 8.74. The first-order valence-electron chi connectivity index (χ1n) is 5.19. The third-order valence-corrected chi connectivity index (χ3v) is 3.99. The minimum atomic E-state index is 0.393. The molecule has 2 heteroatoms. The van der Waals surface area contributed by atoms with E-state index in [1.165, 1.54) is 14.7 Å². The molecule has 0 aliphatic heterocycles. The van der Waals surface area contributed by atoms with Gasteiger partial charge in [0.25, 0.3) is 0 Å². The Balaban J connectivity index is 2.12. The summed E-state index contributed by atoms with van der Waals surface area (Å²) in [6.07, 6.45) is 1.03. The Morgan fingerprint density at radius 1 is 1.00 bits per heavy atom. The van der Waals surface area contributed by atoms with Gasteiger partial charge in [0, 0.05) is 8.40 Å². The van der Waals surface area contributed by atoms with Gasteiger partial charge in [0.1, 0.15) is 0 Å².